The summed E-state index contributed by atoms with van der Waals surface area (Å²) in [6, 6.07) is 5.91. The first-order valence-electron chi connectivity index (χ1n) is 5.02. The first-order chi connectivity index (χ1) is 8.60. The number of methoxy groups -OCH3 is 1. The molecule has 0 fully saturated rings. The molecular formula is C11H10N4O3. The number of pyridine rings is 2. The largest absolute Gasteiger partial charge is 0.481 e. The molecule has 0 atom stereocenters. The Morgan fingerprint density at radius 3 is 2.72 bits per heavy atom. The summed E-state index contributed by atoms with van der Waals surface area (Å²) in [7, 11) is 1.51. The van der Waals surface area contributed by atoms with Crippen LogP contribution in [-0.2, 0) is 0 Å². The van der Waals surface area contributed by atoms with E-state index in [0.29, 0.717) is 17.1 Å². The number of nitrogen functional groups attached to an aromatic ring is 1. The Morgan fingerprint density at radius 1 is 1.39 bits per heavy atom. The lowest BCUT2D eigenvalue weighted by Gasteiger charge is -2.03. The molecule has 7 heteroatoms. The quantitative estimate of drug-likeness (QED) is 0.652. The second-order valence-corrected chi connectivity index (χ2v) is 3.48. The summed E-state index contributed by atoms with van der Waals surface area (Å²) in [5, 5.41) is 10.7. The van der Waals surface area contributed by atoms with E-state index < -0.39 is 4.92 Å². The molecule has 0 aliphatic carbocycles. The molecule has 7 nitrogen and oxygen atoms in total. The SMILES string of the molecule is COc1ccc(-c2cc([N+](=O)[O-])cc(N)n2)cn1. The van der Waals surface area contributed by atoms with Crippen molar-refractivity contribution >= 4 is 11.5 Å². The zero-order valence-corrected chi connectivity index (χ0v) is 9.53. The third kappa shape index (κ3) is 2.34. The molecule has 0 unspecified atom stereocenters. The summed E-state index contributed by atoms with van der Waals surface area (Å²) >= 11 is 0. The third-order valence-corrected chi connectivity index (χ3v) is 2.28. The van der Waals surface area contributed by atoms with E-state index in [1.54, 1.807) is 12.1 Å². The second kappa shape index (κ2) is 4.66. The fourth-order valence-electron chi connectivity index (χ4n) is 1.44. The van der Waals surface area contributed by atoms with Gasteiger partial charge in [0, 0.05) is 23.9 Å². The Kier molecular flexibility index (Phi) is 3.05. The molecule has 0 amide bonds. The van der Waals surface area contributed by atoms with Crippen LogP contribution in [0.4, 0.5) is 11.5 Å². The van der Waals surface area contributed by atoms with E-state index in [2.05, 4.69) is 9.97 Å². The van der Waals surface area contributed by atoms with Gasteiger partial charge in [0.1, 0.15) is 5.82 Å². The average molecular weight is 246 g/mol. The van der Waals surface area contributed by atoms with Crippen LogP contribution in [0, 0.1) is 10.1 Å². The van der Waals surface area contributed by atoms with Gasteiger partial charge in [0.25, 0.3) is 5.69 Å². The van der Waals surface area contributed by atoms with Crippen LogP contribution in [0.25, 0.3) is 11.3 Å². The highest BCUT2D eigenvalue weighted by Crippen LogP contribution is 2.24. The highest BCUT2D eigenvalue weighted by atomic mass is 16.6. The van der Waals surface area contributed by atoms with E-state index in [0.717, 1.165) is 0 Å². The fourth-order valence-corrected chi connectivity index (χ4v) is 1.44. The Labute approximate surface area is 102 Å². The zero-order valence-electron chi connectivity index (χ0n) is 9.53. The van der Waals surface area contributed by atoms with Gasteiger partial charge in [-0.2, -0.15) is 0 Å². The van der Waals surface area contributed by atoms with Gasteiger partial charge < -0.3 is 10.5 Å². The standard InChI is InChI=1S/C11H10N4O3/c1-18-11-3-2-7(6-13-11)9-4-8(15(16)17)5-10(12)14-9/h2-6H,1H3,(H2,12,14). The molecule has 0 saturated carbocycles. The predicted octanol–water partition coefficient (Wildman–Crippen LogP) is 1.64. The number of nitrogens with two attached hydrogens (primary N) is 1. The lowest BCUT2D eigenvalue weighted by molar-refractivity contribution is -0.384. The molecule has 0 aliphatic heterocycles. The molecule has 2 aromatic heterocycles. The van der Waals surface area contributed by atoms with Gasteiger partial charge in [0.05, 0.1) is 23.8 Å². The lowest BCUT2D eigenvalue weighted by Crippen LogP contribution is -1.97. The molecule has 0 bridgehead atoms. The van der Waals surface area contributed by atoms with Crippen molar-refractivity contribution in [3.05, 3.63) is 40.6 Å². The van der Waals surface area contributed by atoms with Crippen LogP contribution in [0.2, 0.25) is 0 Å². The minimum Gasteiger partial charge on any atom is -0.481 e. The maximum Gasteiger partial charge on any atom is 0.275 e. The van der Waals surface area contributed by atoms with Crippen molar-refractivity contribution in [1.29, 1.82) is 0 Å². The first kappa shape index (κ1) is 11.8. The summed E-state index contributed by atoms with van der Waals surface area (Å²) in [4.78, 5) is 18.2. The molecule has 92 valence electrons. The van der Waals surface area contributed by atoms with Crippen molar-refractivity contribution in [2.24, 2.45) is 0 Å². The van der Waals surface area contributed by atoms with Crippen LogP contribution < -0.4 is 10.5 Å². The van der Waals surface area contributed by atoms with Crippen molar-refractivity contribution in [1.82, 2.24) is 9.97 Å². The van der Waals surface area contributed by atoms with Gasteiger partial charge in [-0.05, 0) is 6.07 Å². The molecule has 2 N–H and O–H groups in total. The number of hydrogen-bond donors (Lipinski definition) is 1. The first-order valence-corrected chi connectivity index (χ1v) is 5.02. The number of hydrogen-bond acceptors (Lipinski definition) is 6. The minimum absolute atomic E-state index is 0.0926. The summed E-state index contributed by atoms with van der Waals surface area (Å²) in [6.07, 6.45) is 1.52. The number of nitro groups is 1. The number of aromatic nitrogens is 2. The van der Waals surface area contributed by atoms with Crippen molar-refractivity contribution in [3.8, 4) is 17.1 Å². The fraction of sp³-hybridized carbons (Fsp3) is 0.0909. The van der Waals surface area contributed by atoms with Crippen LogP contribution in [0.1, 0.15) is 0 Å². The van der Waals surface area contributed by atoms with Crippen LogP contribution in [0.15, 0.2) is 30.5 Å². The van der Waals surface area contributed by atoms with Crippen LogP contribution in [0.3, 0.4) is 0 Å². The third-order valence-electron chi connectivity index (χ3n) is 2.28. The predicted molar refractivity (Wildman–Crippen MR) is 65.1 cm³/mol. The van der Waals surface area contributed by atoms with Gasteiger partial charge in [-0.25, -0.2) is 9.97 Å². The highest BCUT2D eigenvalue weighted by Gasteiger charge is 2.11. The van der Waals surface area contributed by atoms with Crippen molar-refractivity contribution in [2.75, 3.05) is 12.8 Å². The Balaban J connectivity index is 2.46. The molecule has 2 aromatic rings. The van der Waals surface area contributed by atoms with Gasteiger partial charge >= 0.3 is 0 Å². The molecule has 0 aliphatic rings. The molecule has 0 radical (unpaired) electrons. The zero-order chi connectivity index (χ0) is 13.1. The Bertz CT molecular complexity index is 583. The van der Waals surface area contributed by atoms with E-state index in [1.165, 1.54) is 25.4 Å². The molecule has 0 saturated heterocycles. The Hall–Kier alpha value is -2.70. The van der Waals surface area contributed by atoms with Crippen molar-refractivity contribution in [2.45, 2.75) is 0 Å². The van der Waals surface area contributed by atoms with Gasteiger partial charge in [-0.15, -0.1) is 0 Å². The van der Waals surface area contributed by atoms with E-state index in [9.17, 15) is 10.1 Å². The van der Waals surface area contributed by atoms with Gasteiger partial charge in [0.2, 0.25) is 5.88 Å². The maximum absolute atomic E-state index is 10.7. The summed E-state index contributed by atoms with van der Waals surface area (Å²) < 4.78 is 4.93. The summed E-state index contributed by atoms with van der Waals surface area (Å²) in [5.41, 5.74) is 6.46. The summed E-state index contributed by atoms with van der Waals surface area (Å²) in [5.74, 6) is 0.548. The normalized spacial score (nSPS) is 10.1. The van der Waals surface area contributed by atoms with E-state index in [4.69, 9.17) is 10.5 Å². The van der Waals surface area contributed by atoms with E-state index >= 15 is 0 Å². The highest BCUT2D eigenvalue weighted by molar-refractivity contribution is 5.64. The van der Waals surface area contributed by atoms with Crippen LogP contribution in [0.5, 0.6) is 5.88 Å². The van der Waals surface area contributed by atoms with E-state index in [1.807, 2.05) is 0 Å². The number of ether oxygens (including phenoxy) is 1. The van der Waals surface area contributed by atoms with Gasteiger partial charge in [-0.1, -0.05) is 0 Å². The topological polar surface area (TPSA) is 104 Å². The monoisotopic (exact) mass is 246 g/mol. The smallest absolute Gasteiger partial charge is 0.275 e. The number of nitrogens with zero attached hydrogens (tertiary/aromatic N) is 3. The van der Waals surface area contributed by atoms with Crippen molar-refractivity contribution < 1.29 is 9.66 Å². The second-order valence-electron chi connectivity index (χ2n) is 3.48. The molecule has 0 spiro atoms. The average Bonchev–Trinajstić information content (AvgIpc) is 2.38. The molecular weight excluding hydrogens is 236 g/mol. The molecule has 0 aromatic carbocycles. The Morgan fingerprint density at radius 2 is 2.17 bits per heavy atom. The summed E-state index contributed by atoms with van der Waals surface area (Å²) in [6.45, 7) is 0. The molecule has 2 rings (SSSR count). The molecule has 2 heterocycles. The lowest BCUT2D eigenvalue weighted by atomic mass is 10.2. The van der Waals surface area contributed by atoms with Crippen molar-refractivity contribution in [3.63, 3.8) is 0 Å². The van der Waals surface area contributed by atoms with E-state index in [-0.39, 0.29) is 11.5 Å². The molecule has 18 heavy (non-hydrogen) atoms. The minimum atomic E-state index is -0.515. The van der Waals surface area contributed by atoms with Gasteiger partial charge in [-0.3, -0.25) is 10.1 Å². The van der Waals surface area contributed by atoms with Gasteiger partial charge in [0.15, 0.2) is 0 Å². The number of rotatable bonds is 3. The number of anilines is 1. The maximum atomic E-state index is 10.7. The van der Waals surface area contributed by atoms with Crippen LogP contribution >= 0.6 is 0 Å². The van der Waals surface area contributed by atoms with Crippen LogP contribution in [-0.4, -0.2) is 22.0 Å².